The number of carbonyl (C=O) groups is 1. The summed E-state index contributed by atoms with van der Waals surface area (Å²) in [4.78, 5) is 15.7. The second kappa shape index (κ2) is 6.22. The smallest absolute Gasteiger partial charge is 0.247 e. The molecule has 2 aliphatic heterocycles. The number of anilines is 2. The number of aromatic nitrogens is 2. The summed E-state index contributed by atoms with van der Waals surface area (Å²) in [6.45, 7) is 4.28. The van der Waals surface area contributed by atoms with Crippen LogP contribution in [0.5, 0.6) is 0 Å². The number of fused-ring (bicyclic) bond motifs is 4. The predicted octanol–water partition coefficient (Wildman–Crippen LogP) is 2.95. The van der Waals surface area contributed by atoms with Gasteiger partial charge in [-0.1, -0.05) is 36.4 Å². The zero-order valence-electron chi connectivity index (χ0n) is 16.7. The second-order valence-corrected chi connectivity index (χ2v) is 7.40. The fourth-order valence-corrected chi connectivity index (χ4v) is 4.76. The molecule has 148 valence electrons. The molecular weight excluding hydrogens is 376 g/mol. The van der Waals surface area contributed by atoms with E-state index in [1.807, 2.05) is 68.4 Å². The van der Waals surface area contributed by atoms with Crippen molar-refractivity contribution >= 4 is 17.4 Å². The molecule has 1 unspecified atom stereocenters. The number of hydrogen-bond donors (Lipinski definition) is 2. The molecule has 5 rings (SSSR count). The molecule has 0 saturated carbocycles. The molecule has 1 amide bonds. The van der Waals surface area contributed by atoms with Gasteiger partial charge in [-0.15, -0.1) is 0 Å². The van der Waals surface area contributed by atoms with Gasteiger partial charge in [0.15, 0.2) is 0 Å². The molecule has 0 saturated heterocycles. The van der Waals surface area contributed by atoms with Gasteiger partial charge in [-0.2, -0.15) is 10.4 Å². The van der Waals surface area contributed by atoms with Crippen molar-refractivity contribution in [2.24, 2.45) is 5.73 Å². The third kappa shape index (κ3) is 2.02. The van der Waals surface area contributed by atoms with Crippen LogP contribution >= 0.6 is 0 Å². The highest BCUT2D eigenvalue weighted by Gasteiger charge is 2.59. The second-order valence-electron chi connectivity index (χ2n) is 7.40. The molecule has 30 heavy (non-hydrogen) atoms. The molecule has 0 fully saturated rings. The Morgan fingerprint density at radius 2 is 1.87 bits per heavy atom. The summed E-state index contributed by atoms with van der Waals surface area (Å²) in [6, 6.07) is 19.5. The van der Waals surface area contributed by atoms with E-state index >= 15 is 0 Å². The lowest BCUT2D eigenvalue weighted by atomic mass is 9.68. The number of nitrogens with one attached hydrogen (secondary N) is 1. The van der Waals surface area contributed by atoms with Crippen molar-refractivity contribution in [2.45, 2.75) is 19.3 Å². The van der Waals surface area contributed by atoms with Crippen LogP contribution in [0.25, 0.3) is 5.69 Å². The van der Waals surface area contributed by atoms with Gasteiger partial charge in [-0.3, -0.25) is 4.79 Å². The zero-order chi connectivity index (χ0) is 21.0. The van der Waals surface area contributed by atoms with Crippen LogP contribution in [-0.4, -0.2) is 22.2 Å². The number of para-hydroxylation sites is 2. The van der Waals surface area contributed by atoms with Gasteiger partial charge in [0.25, 0.3) is 0 Å². The van der Waals surface area contributed by atoms with Crippen molar-refractivity contribution in [2.75, 3.05) is 16.8 Å². The molecule has 3 aromatic rings. The van der Waals surface area contributed by atoms with Crippen molar-refractivity contribution in [1.82, 2.24) is 9.78 Å². The van der Waals surface area contributed by atoms with Crippen molar-refractivity contribution < 1.29 is 4.79 Å². The van der Waals surface area contributed by atoms with Crippen LogP contribution in [0.2, 0.25) is 0 Å². The number of nitrogens with zero attached hydrogens (tertiary/aromatic N) is 4. The van der Waals surface area contributed by atoms with E-state index in [1.54, 1.807) is 9.58 Å². The molecule has 0 radical (unpaired) electrons. The normalized spacial score (nSPS) is 19.5. The highest BCUT2D eigenvalue weighted by atomic mass is 16.2. The number of carbonyl (C=O) groups excluding carboxylic acids is 1. The van der Waals surface area contributed by atoms with Crippen LogP contribution in [0.15, 0.2) is 66.0 Å². The Hall–Kier alpha value is -4.05. The van der Waals surface area contributed by atoms with E-state index in [0.29, 0.717) is 23.6 Å². The van der Waals surface area contributed by atoms with Gasteiger partial charge in [0, 0.05) is 23.4 Å². The number of nitrogens with two attached hydrogens (primary N) is 1. The molecule has 2 aliphatic rings. The van der Waals surface area contributed by atoms with Crippen LogP contribution in [0.3, 0.4) is 0 Å². The number of rotatable bonds is 2. The monoisotopic (exact) mass is 396 g/mol. The number of aryl methyl sites for hydroxylation is 1. The third-order valence-electron chi connectivity index (χ3n) is 5.93. The summed E-state index contributed by atoms with van der Waals surface area (Å²) >= 11 is 0. The number of nitriles is 1. The first-order valence-corrected chi connectivity index (χ1v) is 9.80. The topological polar surface area (TPSA) is 100.0 Å². The summed E-state index contributed by atoms with van der Waals surface area (Å²) in [7, 11) is 0. The minimum Gasteiger partial charge on any atom is -0.384 e. The van der Waals surface area contributed by atoms with Crippen LogP contribution in [0.4, 0.5) is 11.5 Å². The SMILES string of the molecule is CCN1C(=O)C2(C(C#N)=C(N)Nc3c2c(C)nn3-c2ccccc2)c2ccccc21. The Labute approximate surface area is 174 Å². The van der Waals surface area contributed by atoms with Gasteiger partial charge in [0.1, 0.15) is 23.1 Å². The van der Waals surface area contributed by atoms with E-state index in [9.17, 15) is 10.1 Å². The standard InChI is InChI=1S/C23H20N6O/c1-3-28-18-12-8-7-11-16(18)23(22(28)30)17(13-24)20(25)26-21-19(23)14(2)27-29(21)15-9-5-4-6-10-15/h4-12,26H,3,25H2,1-2H3. The average Bonchev–Trinajstić information content (AvgIpc) is 3.21. The molecule has 7 nitrogen and oxygen atoms in total. The van der Waals surface area contributed by atoms with E-state index in [0.717, 1.165) is 16.9 Å². The average molecular weight is 396 g/mol. The number of hydrogen-bond acceptors (Lipinski definition) is 5. The van der Waals surface area contributed by atoms with Crippen molar-refractivity contribution in [1.29, 1.82) is 5.26 Å². The first-order chi connectivity index (χ1) is 14.6. The van der Waals surface area contributed by atoms with Crippen LogP contribution in [0, 0.1) is 18.3 Å². The summed E-state index contributed by atoms with van der Waals surface area (Å²) in [5, 5.41) is 18.0. The highest BCUT2D eigenvalue weighted by molar-refractivity contribution is 6.15. The summed E-state index contributed by atoms with van der Waals surface area (Å²) < 4.78 is 1.75. The Kier molecular flexibility index (Phi) is 3.74. The number of likely N-dealkylation sites (N-methyl/N-ethyl adjacent to an activating group) is 1. The van der Waals surface area contributed by atoms with Crippen LogP contribution < -0.4 is 16.0 Å². The van der Waals surface area contributed by atoms with Crippen molar-refractivity contribution in [3.8, 4) is 11.8 Å². The molecule has 2 aromatic carbocycles. The quantitative estimate of drug-likeness (QED) is 0.694. The molecule has 1 spiro atoms. The maximum absolute atomic E-state index is 14.0. The third-order valence-corrected chi connectivity index (χ3v) is 5.93. The Morgan fingerprint density at radius 1 is 1.17 bits per heavy atom. The highest BCUT2D eigenvalue weighted by Crippen LogP contribution is 2.55. The largest absolute Gasteiger partial charge is 0.384 e. The van der Waals surface area contributed by atoms with Gasteiger partial charge < -0.3 is 16.0 Å². The minimum absolute atomic E-state index is 0.170. The molecule has 7 heteroatoms. The first kappa shape index (κ1) is 18.0. The molecule has 0 aliphatic carbocycles. The van der Waals surface area contributed by atoms with Crippen molar-refractivity contribution in [3.05, 3.63) is 82.8 Å². The summed E-state index contributed by atoms with van der Waals surface area (Å²) in [5.41, 5.74) is 8.98. The lowest BCUT2D eigenvalue weighted by Crippen LogP contribution is -2.46. The van der Waals surface area contributed by atoms with Gasteiger partial charge >= 0.3 is 0 Å². The van der Waals surface area contributed by atoms with Gasteiger partial charge in [-0.25, -0.2) is 4.68 Å². The van der Waals surface area contributed by atoms with Gasteiger partial charge in [-0.05, 0) is 32.0 Å². The predicted molar refractivity (Wildman–Crippen MR) is 114 cm³/mol. The van der Waals surface area contributed by atoms with Crippen LogP contribution in [-0.2, 0) is 10.2 Å². The van der Waals surface area contributed by atoms with E-state index in [2.05, 4.69) is 11.4 Å². The summed E-state index contributed by atoms with van der Waals surface area (Å²) in [6.07, 6.45) is 0. The Balaban J connectivity index is 1.91. The fourth-order valence-electron chi connectivity index (χ4n) is 4.76. The molecule has 1 atom stereocenters. The van der Waals surface area contributed by atoms with Crippen LogP contribution in [0.1, 0.15) is 23.7 Å². The van der Waals surface area contributed by atoms with E-state index < -0.39 is 5.41 Å². The maximum Gasteiger partial charge on any atom is 0.247 e. The summed E-state index contributed by atoms with van der Waals surface area (Å²) in [5.74, 6) is 0.601. The van der Waals surface area contributed by atoms with Gasteiger partial charge in [0.2, 0.25) is 5.91 Å². The minimum atomic E-state index is -1.32. The fraction of sp³-hybridized carbons (Fsp3) is 0.174. The molecule has 0 bridgehead atoms. The first-order valence-electron chi connectivity index (χ1n) is 9.80. The molecule has 3 heterocycles. The number of amides is 1. The Bertz CT molecular complexity index is 1270. The van der Waals surface area contributed by atoms with E-state index in [1.165, 1.54) is 0 Å². The number of benzene rings is 2. The lowest BCUT2D eigenvalue weighted by Gasteiger charge is -2.34. The van der Waals surface area contributed by atoms with Crippen molar-refractivity contribution in [3.63, 3.8) is 0 Å². The Morgan fingerprint density at radius 3 is 2.57 bits per heavy atom. The zero-order valence-corrected chi connectivity index (χ0v) is 16.7. The lowest BCUT2D eigenvalue weighted by molar-refractivity contribution is -0.120. The molecular formula is C23H20N6O. The maximum atomic E-state index is 14.0. The van der Waals surface area contributed by atoms with E-state index in [-0.39, 0.29) is 17.3 Å². The molecule has 3 N–H and O–H groups in total. The van der Waals surface area contributed by atoms with Gasteiger partial charge in [0.05, 0.1) is 17.0 Å². The van der Waals surface area contributed by atoms with E-state index in [4.69, 9.17) is 10.8 Å². The molecule has 1 aromatic heterocycles.